The number of likely N-dealkylation sites (tertiary alicyclic amines) is 1. The van der Waals surface area contributed by atoms with E-state index in [1.807, 2.05) is 4.90 Å². The van der Waals surface area contributed by atoms with Gasteiger partial charge in [-0.15, -0.1) is 0 Å². The summed E-state index contributed by atoms with van der Waals surface area (Å²) in [6.07, 6.45) is -1.08. The molecular weight excluding hydrogens is 265 g/mol. The van der Waals surface area contributed by atoms with Crippen molar-refractivity contribution in [2.75, 3.05) is 32.7 Å². The third-order valence-corrected chi connectivity index (χ3v) is 4.78. The first-order chi connectivity index (χ1) is 9.37. The third kappa shape index (κ3) is 4.92. The molecule has 1 rings (SSSR count). The van der Waals surface area contributed by atoms with Gasteiger partial charge in [0, 0.05) is 19.6 Å². The number of piperidine rings is 1. The van der Waals surface area contributed by atoms with Crippen LogP contribution in [0.4, 0.5) is 13.2 Å². The van der Waals surface area contributed by atoms with Crippen molar-refractivity contribution in [3.05, 3.63) is 0 Å². The maximum Gasteiger partial charge on any atom is 0.393 e. The van der Waals surface area contributed by atoms with Gasteiger partial charge in [0.15, 0.2) is 0 Å². The molecule has 0 aromatic rings. The molecule has 0 saturated carbocycles. The summed E-state index contributed by atoms with van der Waals surface area (Å²) in [5, 5.41) is 3.37. The van der Waals surface area contributed by atoms with Crippen LogP contribution in [0, 0.1) is 11.3 Å². The highest BCUT2D eigenvalue weighted by atomic mass is 19.4. The molecule has 0 amide bonds. The molecule has 1 saturated heterocycles. The Balaban J connectivity index is 2.63. The van der Waals surface area contributed by atoms with E-state index in [0.717, 1.165) is 39.0 Å². The fourth-order valence-electron chi connectivity index (χ4n) is 3.11. The van der Waals surface area contributed by atoms with Crippen LogP contribution in [0.25, 0.3) is 0 Å². The summed E-state index contributed by atoms with van der Waals surface area (Å²) >= 11 is 0. The van der Waals surface area contributed by atoms with E-state index in [0.29, 0.717) is 12.8 Å². The second-order valence-corrected chi connectivity index (χ2v) is 6.10. The Labute approximate surface area is 121 Å². The molecule has 20 heavy (non-hydrogen) atoms. The summed E-state index contributed by atoms with van der Waals surface area (Å²) in [4.78, 5) is 2.03. The Kier molecular flexibility index (Phi) is 6.79. The highest BCUT2D eigenvalue weighted by Crippen LogP contribution is 2.35. The number of nitrogens with one attached hydrogen (secondary N) is 1. The zero-order chi connectivity index (χ0) is 15.2. The fourth-order valence-corrected chi connectivity index (χ4v) is 3.11. The van der Waals surface area contributed by atoms with E-state index < -0.39 is 12.1 Å². The maximum atomic E-state index is 12.9. The van der Waals surface area contributed by atoms with Gasteiger partial charge >= 0.3 is 6.18 Å². The average molecular weight is 294 g/mol. The van der Waals surface area contributed by atoms with Crippen LogP contribution in [-0.2, 0) is 0 Å². The van der Waals surface area contributed by atoms with Gasteiger partial charge in [-0.3, -0.25) is 0 Å². The SMILES string of the molecule is CCNCC(CC)(CC)CN1CCCC(C(F)(F)F)C1. The van der Waals surface area contributed by atoms with Crippen molar-refractivity contribution in [2.45, 2.75) is 52.6 Å². The molecule has 1 fully saturated rings. The first-order valence-corrected chi connectivity index (χ1v) is 7.86. The van der Waals surface area contributed by atoms with Crippen LogP contribution in [0.3, 0.4) is 0 Å². The zero-order valence-electron chi connectivity index (χ0n) is 13.0. The largest absolute Gasteiger partial charge is 0.393 e. The number of halogens is 3. The van der Waals surface area contributed by atoms with Gasteiger partial charge in [-0.1, -0.05) is 20.8 Å². The second kappa shape index (κ2) is 7.64. The Bertz CT molecular complexity index is 275. The summed E-state index contributed by atoms with van der Waals surface area (Å²) in [5.74, 6) is -1.14. The van der Waals surface area contributed by atoms with E-state index in [4.69, 9.17) is 0 Å². The quantitative estimate of drug-likeness (QED) is 0.770. The summed E-state index contributed by atoms with van der Waals surface area (Å²) < 4.78 is 38.6. The van der Waals surface area contributed by atoms with Crippen molar-refractivity contribution in [3.63, 3.8) is 0 Å². The van der Waals surface area contributed by atoms with Gasteiger partial charge in [0.25, 0.3) is 0 Å². The van der Waals surface area contributed by atoms with Crippen LogP contribution >= 0.6 is 0 Å². The topological polar surface area (TPSA) is 15.3 Å². The lowest BCUT2D eigenvalue weighted by Gasteiger charge is -2.41. The van der Waals surface area contributed by atoms with E-state index in [1.165, 1.54) is 0 Å². The molecule has 1 N–H and O–H groups in total. The van der Waals surface area contributed by atoms with Gasteiger partial charge in [-0.25, -0.2) is 0 Å². The van der Waals surface area contributed by atoms with E-state index in [-0.39, 0.29) is 12.0 Å². The van der Waals surface area contributed by atoms with Crippen LogP contribution in [0.1, 0.15) is 46.5 Å². The summed E-state index contributed by atoms with van der Waals surface area (Å²) in [5.41, 5.74) is 0.101. The normalized spacial score (nSPS) is 22.2. The minimum absolute atomic E-state index is 0.101. The van der Waals surface area contributed by atoms with E-state index >= 15 is 0 Å². The molecule has 0 aromatic heterocycles. The van der Waals surface area contributed by atoms with Crippen molar-refractivity contribution >= 4 is 0 Å². The van der Waals surface area contributed by atoms with Crippen LogP contribution in [0.5, 0.6) is 0 Å². The van der Waals surface area contributed by atoms with Crippen molar-refractivity contribution < 1.29 is 13.2 Å². The Morgan fingerprint density at radius 1 is 1.15 bits per heavy atom. The molecule has 5 heteroatoms. The molecule has 1 aliphatic heterocycles. The lowest BCUT2D eigenvalue weighted by atomic mass is 9.80. The fraction of sp³-hybridized carbons (Fsp3) is 1.00. The maximum absolute atomic E-state index is 12.9. The lowest BCUT2D eigenvalue weighted by molar-refractivity contribution is -0.187. The Morgan fingerprint density at radius 2 is 1.80 bits per heavy atom. The predicted octanol–water partition coefficient (Wildman–Crippen LogP) is 3.68. The van der Waals surface area contributed by atoms with Crippen molar-refractivity contribution in [1.29, 1.82) is 0 Å². The van der Waals surface area contributed by atoms with Crippen molar-refractivity contribution in [1.82, 2.24) is 10.2 Å². The molecule has 1 heterocycles. The average Bonchev–Trinajstić information content (AvgIpc) is 2.43. The minimum atomic E-state index is -4.04. The lowest BCUT2D eigenvalue weighted by Crippen LogP contribution is -2.49. The molecule has 0 spiro atoms. The first kappa shape index (κ1) is 17.8. The van der Waals surface area contributed by atoms with Gasteiger partial charge in [0.05, 0.1) is 5.92 Å². The number of hydrogen-bond donors (Lipinski definition) is 1. The minimum Gasteiger partial charge on any atom is -0.316 e. The molecule has 2 nitrogen and oxygen atoms in total. The number of nitrogens with zero attached hydrogens (tertiary/aromatic N) is 1. The van der Waals surface area contributed by atoms with Gasteiger partial charge in [0.1, 0.15) is 0 Å². The molecule has 120 valence electrons. The second-order valence-electron chi connectivity index (χ2n) is 6.10. The monoisotopic (exact) mass is 294 g/mol. The van der Waals surface area contributed by atoms with Gasteiger partial charge in [-0.2, -0.15) is 13.2 Å². The number of hydrogen-bond acceptors (Lipinski definition) is 2. The Hall–Kier alpha value is -0.290. The number of rotatable bonds is 7. The molecular formula is C15H29F3N2. The van der Waals surface area contributed by atoms with Crippen molar-refractivity contribution in [3.8, 4) is 0 Å². The molecule has 1 unspecified atom stereocenters. The molecule has 1 aliphatic rings. The van der Waals surface area contributed by atoms with E-state index in [2.05, 4.69) is 26.1 Å². The molecule has 0 aromatic carbocycles. The van der Waals surface area contributed by atoms with Gasteiger partial charge < -0.3 is 10.2 Å². The summed E-state index contributed by atoms with van der Waals surface area (Å²) in [6, 6.07) is 0. The van der Waals surface area contributed by atoms with Gasteiger partial charge in [-0.05, 0) is 44.2 Å². The standard InChI is InChI=1S/C15H29F3N2/c1-4-14(5-2,11-19-6-3)12-20-9-7-8-13(10-20)15(16,17)18/h13,19H,4-12H2,1-3H3. The molecule has 0 radical (unpaired) electrons. The van der Waals surface area contributed by atoms with Crippen LogP contribution < -0.4 is 5.32 Å². The van der Waals surface area contributed by atoms with E-state index in [1.54, 1.807) is 0 Å². The third-order valence-electron chi connectivity index (χ3n) is 4.78. The highest BCUT2D eigenvalue weighted by molar-refractivity contribution is 4.86. The summed E-state index contributed by atoms with van der Waals surface area (Å²) in [7, 11) is 0. The zero-order valence-corrected chi connectivity index (χ0v) is 13.0. The van der Waals surface area contributed by atoms with Crippen LogP contribution in [0.2, 0.25) is 0 Å². The van der Waals surface area contributed by atoms with Gasteiger partial charge in [0.2, 0.25) is 0 Å². The Morgan fingerprint density at radius 3 is 2.30 bits per heavy atom. The van der Waals surface area contributed by atoms with Crippen molar-refractivity contribution in [2.24, 2.45) is 11.3 Å². The summed E-state index contributed by atoms with van der Waals surface area (Å²) in [6.45, 7) is 9.92. The smallest absolute Gasteiger partial charge is 0.316 e. The van der Waals surface area contributed by atoms with E-state index in [9.17, 15) is 13.2 Å². The first-order valence-electron chi connectivity index (χ1n) is 7.86. The molecule has 0 bridgehead atoms. The highest BCUT2D eigenvalue weighted by Gasteiger charge is 2.42. The van der Waals surface area contributed by atoms with Crippen LogP contribution in [-0.4, -0.2) is 43.8 Å². The molecule has 1 atom stereocenters. The number of alkyl halides is 3. The van der Waals surface area contributed by atoms with Crippen LogP contribution in [0.15, 0.2) is 0 Å². The predicted molar refractivity (Wildman–Crippen MR) is 76.8 cm³/mol. The molecule has 0 aliphatic carbocycles.